The van der Waals surface area contributed by atoms with E-state index in [1.54, 1.807) is 24.0 Å². The Kier molecular flexibility index (Phi) is 7.21. The molecule has 1 fully saturated rings. The lowest BCUT2D eigenvalue weighted by molar-refractivity contribution is 0.252. The van der Waals surface area contributed by atoms with Gasteiger partial charge >= 0.3 is 16.2 Å². The number of primary amides is 1. The van der Waals surface area contributed by atoms with Gasteiger partial charge in [0.25, 0.3) is 0 Å². The summed E-state index contributed by atoms with van der Waals surface area (Å²) in [5.74, 6) is 0.234. The average molecular weight is 483 g/mol. The molecule has 0 bridgehead atoms. The molecule has 11 heteroatoms. The van der Waals surface area contributed by atoms with Gasteiger partial charge in [-0.25, -0.2) is 9.10 Å². The topological polar surface area (TPSA) is 105 Å². The standard InChI is InChI=1S/C21H34N6O3S2/c1-14(2)19-10-18(20(31-19)15(3)4)27(21(22)28)32(29,30)26(17-11-23-25(6)13-17)16-8-7-9-24(5)12-16/h10-11,13-16H,7-9,12H2,1-6H3,(H2,22,28)/t16-/m0/s1. The zero-order valence-corrected chi connectivity index (χ0v) is 21.3. The molecule has 178 valence electrons. The van der Waals surface area contributed by atoms with Crippen LogP contribution >= 0.6 is 11.3 Å². The Hall–Kier alpha value is -2.11. The Balaban J connectivity index is 2.18. The van der Waals surface area contributed by atoms with Gasteiger partial charge in [-0.1, -0.05) is 27.7 Å². The van der Waals surface area contributed by atoms with E-state index < -0.39 is 16.2 Å². The second-order valence-corrected chi connectivity index (χ2v) is 11.8. The minimum absolute atomic E-state index is 0.0344. The van der Waals surface area contributed by atoms with Crippen molar-refractivity contribution in [3.63, 3.8) is 0 Å². The number of likely N-dealkylation sites (tertiary alicyclic amines) is 1. The summed E-state index contributed by atoms with van der Waals surface area (Å²) in [6, 6.07) is 0.440. The van der Waals surface area contributed by atoms with Crippen molar-refractivity contribution >= 4 is 39.0 Å². The van der Waals surface area contributed by atoms with Crippen molar-refractivity contribution in [1.82, 2.24) is 14.7 Å². The monoisotopic (exact) mass is 482 g/mol. The number of hydrogen-bond donors (Lipinski definition) is 1. The van der Waals surface area contributed by atoms with Crippen LogP contribution in [0.1, 0.15) is 62.1 Å². The summed E-state index contributed by atoms with van der Waals surface area (Å²) in [7, 11) is -0.625. The number of amides is 2. The zero-order valence-electron chi connectivity index (χ0n) is 19.6. The van der Waals surface area contributed by atoms with Crippen LogP contribution in [0, 0.1) is 0 Å². The van der Waals surface area contributed by atoms with E-state index in [-0.39, 0.29) is 17.9 Å². The van der Waals surface area contributed by atoms with Gasteiger partial charge in [0, 0.05) is 29.5 Å². The Morgan fingerprint density at radius 1 is 1.25 bits per heavy atom. The first-order chi connectivity index (χ1) is 14.9. The molecule has 1 atom stereocenters. The Labute approximate surface area is 195 Å². The normalized spacial score (nSPS) is 17.8. The van der Waals surface area contributed by atoms with Gasteiger partial charge in [-0.3, -0.25) is 4.68 Å². The maximum Gasteiger partial charge on any atom is 0.334 e. The summed E-state index contributed by atoms with van der Waals surface area (Å²) in [4.78, 5) is 16.6. The molecule has 9 nitrogen and oxygen atoms in total. The first kappa shape index (κ1) is 24.5. The Morgan fingerprint density at radius 2 is 1.94 bits per heavy atom. The average Bonchev–Trinajstić information content (AvgIpc) is 3.28. The molecular weight excluding hydrogens is 448 g/mol. The number of aryl methyl sites for hydroxylation is 1. The number of aromatic nitrogens is 2. The van der Waals surface area contributed by atoms with Crippen LogP contribution in [0.5, 0.6) is 0 Å². The van der Waals surface area contributed by atoms with Crippen molar-refractivity contribution in [2.75, 3.05) is 28.7 Å². The summed E-state index contributed by atoms with van der Waals surface area (Å²) in [5.41, 5.74) is 6.51. The number of carbonyl (C=O) groups excluding carboxylic acids is 1. The lowest BCUT2D eigenvalue weighted by Gasteiger charge is -2.39. The number of rotatable bonds is 7. The van der Waals surface area contributed by atoms with E-state index in [1.165, 1.54) is 21.8 Å². The molecule has 2 amide bonds. The third-order valence-electron chi connectivity index (χ3n) is 5.63. The quantitative estimate of drug-likeness (QED) is 0.651. The van der Waals surface area contributed by atoms with Crippen molar-refractivity contribution < 1.29 is 13.2 Å². The maximum absolute atomic E-state index is 14.1. The second kappa shape index (κ2) is 9.40. The van der Waals surface area contributed by atoms with Gasteiger partial charge in [0.15, 0.2) is 0 Å². The fraction of sp³-hybridized carbons (Fsp3) is 0.619. The number of carbonyl (C=O) groups is 1. The first-order valence-electron chi connectivity index (χ1n) is 10.9. The van der Waals surface area contributed by atoms with Crippen molar-refractivity contribution in [3.8, 4) is 0 Å². The molecule has 3 heterocycles. The predicted octanol–water partition coefficient (Wildman–Crippen LogP) is 3.46. The van der Waals surface area contributed by atoms with Crippen LogP contribution in [-0.2, 0) is 17.3 Å². The van der Waals surface area contributed by atoms with Gasteiger partial charge < -0.3 is 10.6 Å². The van der Waals surface area contributed by atoms with Crippen LogP contribution in [-0.4, -0.2) is 55.3 Å². The van der Waals surface area contributed by atoms with Crippen molar-refractivity contribution in [2.45, 2.75) is 58.4 Å². The first-order valence-corrected chi connectivity index (χ1v) is 13.1. The van der Waals surface area contributed by atoms with Crippen LogP contribution in [0.4, 0.5) is 16.2 Å². The molecule has 1 saturated heterocycles. The van der Waals surface area contributed by atoms with Gasteiger partial charge in [-0.2, -0.15) is 17.8 Å². The highest BCUT2D eigenvalue weighted by Gasteiger charge is 2.41. The molecule has 2 aromatic heterocycles. The van der Waals surface area contributed by atoms with E-state index in [0.29, 0.717) is 24.3 Å². The highest BCUT2D eigenvalue weighted by atomic mass is 32.2. The number of hydrogen-bond acceptors (Lipinski definition) is 6. The molecule has 3 rings (SSSR count). The van der Waals surface area contributed by atoms with Crippen LogP contribution in [0.15, 0.2) is 18.5 Å². The Morgan fingerprint density at radius 3 is 2.44 bits per heavy atom. The summed E-state index contributed by atoms with van der Waals surface area (Å²) >= 11 is 1.53. The molecule has 0 unspecified atom stereocenters. The van der Waals surface area contributed by atoms with Gasteiger partial charge in [-0.15, -0.1) is 11.3 Å². The van der Waals surface area contributed by atoms with E-state index in [9.17, 15) is 13.2 Å². The van der Waals surface area contributed by atoms with Crippen LogP contribution in [0.25, 0.3) is 0 Å². The number of nitrogens with zero attached hydrogens (tertiary/aromatic N) is 5. The lowest BCUT2D eigenvalue weighted by atomic mass is 10.1. The van der Waals surface area contributed by atoms with E-state index in [2.05, 4.69) is 10.00 Å². The summed E-state index contributed by atoms with van der Waals surface area (Å²) < 4.78 is 32.0. The second-order valence-electron chi connectivity index (χ2n) is 9.04. The third kappa shape index (κ3) is 4.79. The van der Waals surface area contributed by atoms with Crippen LogP contribution in [0.2, 0.25) is 0 Å². The molecule has 1 aliphatic rings. The third-order valence-corrected chi connectivity index (χ3v) is 9.20. The maximum atomic E-state index is 14.1. The van der Waals surface area contributed by atoms with Crippen LogP contribution < -0.4 is 14.3 Å². The number of piperidine rings is 1. The van der Waals surface area contributed by atoms with E-state index in [0.717, 1.165) is 27.0 Å². The summed E-state index contributed by atoms with van der Waals surface area (Å²) in [5, 5.41) is 4.18. The molecule has 1 aliphatic heterocycles. The van der Waals surface area contributed by atoms with Crippen molar-refractivity contribution in [2.24, 2.45) is 12.8 Å². The minimum atomic E-state index is -4.33. The number of nitrogens with two attached hydrogens (primary N) is 1. The highest BCUT2D eigenvalue weighted by molar-refractivity contribution is 7.95. The van der Waals surface area contributed by atoms with Gasteiger partial charge in [-0.05, 0) is 44.3 Å². The molecule has 0 radical (unpaired) electrons. The molecule has 0 saturated carbocycles. The highest BCUT2D eigenvalue weighted by Crippen LogP contribution is 2.41. The van der Waals surface area contributed by atoms with Gasteiger partial charge in [0.2, 0.25) is 0 Å². The number of thiophene rings is 1. The number of likely N-dealkylation sites (N-methyl/N-ethyl adjacent to an activating group) is 1. The molecule has 32 heavy (non-hydrogen) atoms. The molecule has 0 aliphatic carbocycles. The Bertz CT molecular complexity index is 1060. The van der Waals surface area contributed by atoms with E-state index in [4.69, 9.17) is 5.73 Å². The minimum Gasteiger partial charge on any atom is -0.350 e. The van der Waals surface area contributed by atoms with E-state index >= 15 is 0 Å². The van der Waals surface area contributed by atoms with Crippen molar-refractivity contribution in [1.29, 1.82) is 0 Å². The lowest BCUT2D eigenvalue weighted by Crippen LogP contribution is -2.56. The van der Waals surface area contributed by atoms with Gasteiger partial charge in [0.1, 0.15) is 0 Å². The smallest absolute Gasteiger partial charge is 0.334 e. The summed E-state index contributed by atoms with van der Waals surface area (Å²) in [6.07, 6.45) is 4.71. The van der Waals surface area contributed by atoms with E-state index in [1.807, 2.05) is 34.7 Å². The fourth-order valence-corrected chi connectivity index (χ4v) is 7.02. The zero-order chi connectivity index (χ0) is 23.8. The molecule has 2 N–H and O–H groups in total. The molecular formula is C21H34N6O3S2. The molecule has 0 aromatic carbocycles. The van der Waals surface area contributed by atoms with Crippen molar-refractivity contribution in [3.05, 3.63) is 28.2 Å². The van der Waals surface area contributed by atoms with Crippen LogP contribution in [0.3, 0.4) is 0 Å². The predicted molar refractivity (Wildman–Crippen MR) is 130 cm³/mol. The molecule has 2 aromatic rings. The van der Waals surface area contributed by atoms with Gasteiger partial charge in [0.05, 0.1) is 23.6 Å². The fourth-order valence-electron chi connectivity index (χ4n) is 4.10. The number of anilines is 2. The molecule has 0 spiro atoms. The SMILES string of the molecule is CC(C)c1cc(N(C(N)=O)S(=O)(=O)N(c2cnn(C)c2)[C@H]2CCCN(C)C2)c(C(C)C)s1. The number of urea groups is 1. The largest absolute Gasteiger partial charge is 0.350 e. The summed E-state index contributed by atoms with van der Waals surface area (Å²) in [6.45, 7) is 9.51.